The Labute approximate surface area is 181 Å². The third-order valence-electron chi connectivity index (χ3n) is 5.55. The molecular formula is C23H26N6O2. The van der Waals surface area contributed by atoms with Crippen LogP contribution in [-0.2, 0) is 11.2 Å². The Balaban J connectivity index is 1.63. The van der Waals surface area contributed by atoms with E-state index in [1.165, 1.54) is 0 Å². The van der Waals surface area contributed by atoms with E-state index in [0.717, 1.165) is 47.3 Å². The van der Waals surface area contributed by atoms with Gasteiger partial charge in [-0.15, -0.1) is 5.10 Å². The molecule has 2 heterocycles. The van der Waals surface area contributed by atoms with Crippen molar-refractivity contribution in [1.82, 2.24) is 31.1 Å². The van der Waals surface area contributed by atoms with Crippen LogP contribution >= 0.6 is 0 Å². The van der Waals surface area contributed by atoms with Gasteiger partial charge in [0.05, 0.1) is 11.6 Å². The second-order valence-electron chi connectivity index (χ2n) is 7.58. The zero-order valence-corrected chi connectivity index (χ0v) is 17.7. The molecule has 1 unspecified atom stereocenters. The first-order chi connectivity index (χ1) is 15.1. The van der Waals surface area contributed by atoms with Gasteiger partial charge in [0.25, 0.3) is 0 Å². The number of aromatic amines is 1. The van der Waals surface area contributed by atoms with Crippen molar-refractivity contribution in [3.63, 3.8) is 0 Å². The summed E-state index contributed by atoms with van der Waals surface area (Å²) in [5, 5.41) is 26.0. The van der Waals surface area contributed by atoms with Crippen molar-refractivity contribution in [2.24, 2.45) is 0 Å². The van der Waals surface area contributed by atoms with Gasteiger partial charge < -0.3 is 10.1 Å². The average molecular weight is 419 g/mol. The van der Waals surface area contributed by atoms with Crippen LogP contribution in [0.25, 0.3) is 22.5 Å². The molecule has 31 heavy (non-hydrogen) atoms. The number of hydrogen-bond acceptors (Lipinski definition) is 6. The molecule has 0 aliphatic carbocycles. The number of carboxylic acids is 1. The summed E-state index contributed by atoms with van der Waals surface area (Å²) >= 11 is 0. The summed E-state index contributed by atoms with van der Waals surface area (Å²) < 4.78 is 0. The number of carbonyl (C=O) groups is 1. The monoisotopic (exact) mass is 418 g/mol. The summed E-state index contributed by atoms with van der Waals surface area (Å²) in [4.78, 5) is 12.0. The highest BCUT2D eigenvalue weighted by Gasteiger charge is 2.33. The lowest BCUT2D eigenvalue weighted by molar-refractivity contribution is -0.133. The number of nitrogens with one attached hydrogen (secondary N) is 2. The highest BCUT2D eigenvalue weighted by Crippen LogP contribution is 2.31. The molecule has 0 bridgehead atoms. The second kappa shape index (κ2) is 9.09. The minimum absolute atomic E-state index is 0.152. The SMILES string of the molecule is CCCN1NC(CC)C(C(=O)O)=C1Cc1ccc(-c2ccccc2-c2nnn[nH]2)cc1. The van der Waals surface area contributed by atoms with Gasteiger partial charge in [-0.1, -0.05) is 62.4 Å². The van der Waals surface area contributed by atoms with E-state index in [0.29, 0.717) is 17.8 Å². The molecule has 1 aromatic heterocycles. The fourth-order valence-electron chi connectivity index (χ4n) is 4.07. The molecule has 0 saturated carbocycles. The van der Waals surface area contributed by atoms with Gasteiger partial charge in [-0.2, -0.15) is 0 Å². The Kier molecular flexibility index (Phi) is 6.08. The largest absolute Gasteiger partial charge is 0.478 e. The molecule has 2 aromatic carbocycles. The molecule has 3 aromatic rings. The lowest BCUT2D eigenvalue weighted by Crippen LogP contribution is -2.38. The Morgan fingerprint density at radius 1 is 1.10 bits per heavy atom. The van der Waals surface area contributed by atoms with E-state index < -0.39 is 5.97 Å². The molecule has 4 rings (SSSR count). The van der Waals surface area contributed by atoms with E-state index in [-0.39, 0.29) is 6.04 Å². The number of aromatic nitrogens is 4. The molecule has 0 fully saturated rings. The molecule has 0 saturated heterocycles. The van der Waals surface area contributed by atoms with Crippen molar-refractivity contribution in [1.29, 1.82) is 0 Å². The number of tetrazole rings is 1. The molecule has 8 heteroatoms. The topological polar surface area (TPSA) is 107 Å². The molecule has 0 spiro atoms. The van der Waals surface area contributed by atoms with Gasteiger partial charge in [0, 0.05) is 24.2 Å². The number of benzene rings is 2. The van der Waals surface area contributed by atoms with E-state index in [9.17, 15) is 9.90 Å². The summed E-state index contributed by atoms with van der Waals surface area (Å²) in [6, 6.07) is 16.0. The summed E-state index contributed by atoms with van der Waals surface area (Å²) in [6.45, 7) is 4.87. The highest BCUT2D eigenvalue weighted by atomic mass is 16.4. The molecule has 1 atom stereocenters. The van der Waals surface area contributed by atoms with Gasteiger partial charge in [0.15, 0.2) is 5.82 Å². The third kappa shape index (κ3) is 4.20. The van der Waals surface area contributed by atoms with Crippen LogP contribution in [-0.4, -0.2) is 49.3 Å². The highest BCUT2D eigenvalue weighted by molar-refractivity contribution is 5.89. The molecule has 8 nitrogen and oxygen atoms in total. The lowest BCUT2D eigenvalue weighted by atomic mass is 9.96. The first kappa shape index (κ1) is 20.7. The van der Waals surface area contributed by atoms with Crippen LogP contribution < -0.4 is 5.43 Å². The molecule has 1 aliphatic heterocycles. The van der Waals surface area contributed by atoms with Crippen LogP contribution in [0.1, 0.15) is 32.3 Å². The number of hydrazine groups is 1. The maximum absolute atomic E-state index is 12.0. The molecule has 0 radical (unpaired) electrons. The minimum Gasteiger partial charge on any atom is -0.478 e. The number of carboxylic acid groups (broad SMARTS) is 1. The van der Waals surface area contributed by atoms with Crippen LogP contribution in [0.15, 0.2) is 59.8 Å². The zero-order valence-electron chi connectivity index (χ0n) is 17.7. The van der Waals surface area contributed by atoms with E-state index in [1.807, 2.05) is 36.2 Å². The van der Waals surface area contributed by atoms with Crippen LogP contribution in [0, 0.1) is 0 Å². The molecule has 3 N–H and O–H groups in total. The minimum atomic E-state index is -0.848. The summed E-state index contributed by atoms with van der Waals surface area (Å²) in [5.41, 5.74) is 8.75. The normalized spacial score (nSPS) is 16.2. The third-order valence-corrected chi connectivity index (χ3v) is 5.55. The fraction of sp³-hybridized carbons (Fsp3) is 0.304. The number of rotatable bonds is 8. The van der Waals surface area contributed by atoms with E-state index >= 15 is 0 Å². The predicted molar refractivity (Wildman–Crippen MR) is 118 cm³/mol. The maximum atomic E-state index is 12.0. The zero-order chi connectivity index (χ0) is 21.8. The van der Waals surface area contributed by atoms with Crippen LogP contribution in [0.4, 0.5) is 0 Å². The molecular weight excluding hydrogens is 392 g/mol. The van der Waals surface area contributed by atoms with E-state index in [1.54, 1.807) is 0 Å². The van der Waals surface area contributed by atoms with Crippen molar-refractivity contribution in [2.75, 3.05) is 6.54 Å². The smallest absolute Gasteiger partial charge is 0.335 e. The predicted octanol–water partition coefficient (Wildman–Crippen LogP) is 3.42. The fourth-order valence-corrected chi connectivity index (χ4v) is 4.07. The average Bonchev–Trinajstić information content (AvgIpc) is 3.43. The number of H-pyrrole nitrogens is 1. The Morgan fingerprint density at radius 3 is 2.45 bits per heavy atom. The van der Waals surface area contributed by atoms with E-state index in [4.69, 9.17) is 0 Å². The number of hydrogen-bond donors (Lipinski definition) is 3. The van der Waals surface area contributed by atoms with Crippen LogP contribution in [0.5, 0.6) is 0 Å². The first-order valence-electron chi connectivity index (χ1n) is 10.5. The van der Waals surface area contributed by atoms with Gasteiger partial charge in [-0.05, 0) is 40.0 Å². The Morgan fingerprint density at radius 2 is 1.84 bits per heavy atom. The van der Waals surface area contributed by atoms with Gasteiger partial charge in [0.2, 0.25) is 0 Å². The van der Waals surface area contributed by atoms with Crippen molar-refractivity contribution < 1.29 is 9.90 Å². The van der Waals surface area contributed by atoms with Crippen molar-refractivity contribution in [3.05, 3.63) is 65.4 Å². The number of nitrogens with zero attached hydrogens (tertiary/aromatic N) is 4. The summed E-state index contributed by atoms with van der Waals surface area (Å²) in [7, 11) is 0. The standard InChI is InChI=1S/C23H26N6O2/c1-3-13-29-20(21(23(30)31)19(4-2)26-29)14-15-9-11-16(12-10-15)17-7-5-6-8-18(17)22-24-27-28-25-22/h5-12,19,26H,3-4,13-14H2,1-2H3,(H,30,31)(H,24,25,27,28). The molecule has 0 amide bonds. The Bertz CT molecular complexity index is 1080. The lowest BCUT2D eigenvalue weighted by Gasteiger charge is -2.23. The van der Waals surface area contributed by atoms with Gasteiger partial charge in [-0.3, -0.25) is 0 Å². The molecule has 1 aliphatic rings. The van der Waals surface area contributed by atoms with Gasteiger partial charge >= 0.3 is 5.97 Å². The van der Waals surface area contributed by atoms with Gasteiger partial charge in [0.1, 0.15) is 0 Å². The number of allylic oxidation sites excluding steroid dienone is 1. The maximum Gasteiger partial charge on any atom is 0.335 e. The second-order valence-corrected chi connectivity index (χ2v) is 7.58. The summed E-state index contributed by atoms with van der Waals surface area (Å²) in [5.74, 6) is -0.229. The van der Waals surface area contributed by atoms with Gasteiger partial charge in [-0.25, -0.2) is 15.3 Å². The van der Waals surface area contributed by atoms with Crippen molar-refractivity contribution >= 4 is 5.97 Å². The van der Waals surface area contributed by atoms with Crippen LogP contribution in [0.3, 0.4) is 0 Å². The van der Waals surface area contributed by atoms with Crippen LogP contribution in [0.2, 0.25) is 0 Å². The quantitative estimate of drug-likeness (QED) is 0.514. The van der Waals surface area contributed by atoms with Crippen molar-refractivity contribution in [2.45, 2.75) is 39.2 Å². The summed E-state index contributed by atoms with van der Waals surface area (Å²) in [6.07, 6.45) is 2.24. The number of aliphatic carboxylic acids is 1. The van der Waals surface area contributed by atoms with Crippen molar-refractivity contribution in [3.8, 4) is 22.5 Å². The Hall–Kier alpha value is -3.52. The van der Waals surface area contributed by atoms with E-state index in [2.05, 4.69) is 57.2 Å². The first-order valence-corrected chi connectivity index (χ1v) is 10.5. The molecule has 160 valence electrons.